The number of amides is 1. The van der Waals surface area contributed by atoms with Gasteiger partial charge in [0, 0.05) is 56.7 Å². The summed E-state index contributed by atoms with van der Waals surface area (Å²) >= 11 is 0. The van der Waals surface area contributed by atoms with Crippen LogP contribution in [0.5, 0.6) is 0 Å². The maximum atomic E-state index is 12.5. The van der Waals surface area contributed by atoms with Crippen LogP contribution in [-0.2, 0) is 0 Å². The van der Waals surface area contributed by atoms with Crippen molar-refractivity contribution in [1.29, 1.82) is 0 Å². The van der Waals surface area contributed by atoms with E-state index in [-0.39, 0.29) is 5.91 Å². The first-order valence-electron chi connectivity index (χ1n) is 8.21. The Bertz CT molecular complexity index is 697. The molecule has 0 radical (unpaired) electrons. The number of nitrogens with zero attached hydrogens (tertiary/aromatic N) is 5. The summed E-state index contributed by atoms with van der Waals surface area (Å²) < 4.78 is 0. The summed E-state index contributed by atoms with van der Waals surface area (Å²) in [5, 5.41) is 3.23. The van der Waals surface area contributed by atoms with Crippen molar-refractivity contribution < 1.29 is 4.79 Å². The van der Waals surface area contributed by atoms with Crippen molar-refractivity contribution in [1.82, 2.24) is 19.9 Å². The standard InChI is InChI=1S/C17H22N6O/c1-3-19-15-12-16(21-13(2)20-15)22-8-10-23(11-9-22)17(24)14-4-6-18-7-5-14/h4-7,12H,3,8-11H2,1-2H3,(H,19,20,21). The lowest BCUT2D eigenvalue weighted by atomic mass is 10.2. The molecule has 0 saturated carbocycles. The zero-order valence-electron chi connectivity index (χ0n) is 14.1. The van der Waals surface area contributed by atoms with Gasteiger partial charge in [-0.05, 0) is 26.0 Å². The highest BCUT2D eigenvalue weighted by Gasteiger charge is 2.23. The molecule has 1 aliphatic rings. The second-order valence-electron chi connectivity index (χ2n) is 5.70. The summed E-state index contributed by atoms with van der Waals surface area (Å²) in [7, 11) is 0. The van der Waals surface area contributed by atoms with Gasteiger partial charge in [-0.1, -0.05) is 0 Å². The second kappa shape index (κ2) is 7.25. The van der Waals surface area contributed by atoms with Gasteiger partial charge in [-0.2, -0.15) is 0 Å². The van der Waals surface area contributed by atoms with E-state index < -0.39 is 0 Å². The number of anilines is 2. The lowest BCUT2D eigenvalue weighted by Crippen LogP contribution is -2.49. The highest BCUT2D eigenvalue weighted by Crippen LogP contribution is 2.18. The van der Waals surface area contributed by atoms with Crippen LogP contribution >= 0.6 is 0 Å². The fourth-order valence-electron chi connectivity index (χ4n) is 2.80. The normalized spacial score (nSPS) is 14.6. The van der Waals surface area contributed by atoms with Crippen LogP contribution in [0.3, 0.4) is 0 Å². The van der Waals surface area contributed by atoms with Gasteiger partial charge < -0.3 is 15.1 Å². The minimum Gasteiger partial charge on any atom is -0.370 e. The molecule has 1 fully saturated rings. The average Bonchev–Trinajstić information content (AvgIpc) is 2.62. The predicted octanol–water partition coefficient (Wildman–Crippen LogP) is 1.57. The molecule has 1 N–H and O–H groups in total. The Morgan fingerprint density at radius 3 is 2.54 bits per heavy atom. The van der Waals surface area contributed by atoms with Crippen molar-refractivity contribution in [3.63, 3.8) is 0 Å². The first-order valence-corrected chi connectivity index (χ1v) is 8.21. The molecule has 1 saturated heterocycles. The van der Waals surface area contributed by atoms with E-state index in [1.54, 1.807) is 24.5 Å². The lowest BCUT2D eigenvalue weighted by Gasteiger charge is -2.35. The molecule has 2 aromatic rings. The minimum absolute atomic E-state index is 0.0595. The first kappa shape index (κ1) is 16.2. The van der Waals surface area contributed by atoms with Gasteiger partial charge in [-0.15, -0.1) is 0 Å². The molecular formula is C17H22N6O. The number of carbonyl (C=O) groups is 1. The van der Waals surface area contributed by atoms with Crippen molar-refractivity contribution >= 4 is 17.5 Å². The highest BCUT2D eigenvalue weighted by atomic mass is 16.2. The number of carbonyl (C=O) groups excluding carboxylic acids is 1. The zero-order valence-corrected chi connectivity index (χ0v) is 14.1. The summed E-state index contributed by atoms with van der Waals surface area (Å²) in [6, 6.07) is 5.48. The van der Waals surface area contributed by atoms with Gasteiger partial charge in [0.25, 0.3) is 5.91 Å². The predicted molar refractivity (Wildman–Crippen MR) is 93.3 cm³/mol. The van der Waals surface area contributed by atoms with Gasteiger partial charge in [-0.3, -0.25) is 9.78 Å². The van der Waals surface area contributed by atoms with Gasteiger partial charge in [0.05, 0.1) is 0 Å². The number of hydrogen-bond acceptors (Lipinski definition) is 6. The number of rotatable bonds is 4. The molecule has 1 aliphatic heterocycles. The van der Waals surface area contributed by atoms with Crippen molar-refractivity contribution in [2.24, 2.45) is 0 Å². The molecule has 126 valence electrons. The van der Waals surface area contributed by atoms with Crippen LogP contribution in [0.25, 0.3) is 0 Å². The molecule has 24 heavy (non-hydrogen) atoms. The number of pyridine rings is 1. The van der Waals surface area contributed by atoms with Crippen LogP contribution in [0.4, 0.5) is 11.6 Å². The Labute approximate surface area is 141 Å². The fourth-order valence-corrected chi connectivity index (χ4v) is 2.80. The summed E-state index contributed by atoms with van der Waals surface area (Å²) in [6.45, 7) is 7.65. The number of aromatic nitrogens is 3. The molecule has 7 nitrogen and oxygen atoms in total. The first-order chi connectivity index (χ1) is 11.7. The lowest BCUT2D eigenvalue weighted by molar-refractivity contribution is 0.0746. The van der Waals surface area contributed by atoms with E-state index in [1.807, 2.05) is 24.8 Å². The maximum Gasteiger partial charge on any atom is 0.254 e. The quantitative estimate of drug-likeness (QED) is 0.919. The molecule has 3 heterocycles. The van der Waals surface area contributed by atoms with E-state index in [9.17, 15) is 4.79 Å². The Balaban J connectivity index is 1.66. The van der Waals surface area contributed by atoms with E-state index in [2.05, 4.69) is 25.2 Å². The Kier molecular flexibility index (Phi) is 4.88. The third-order valence-corrected chi connectivity index (χ3v) is 4.00. The molecule has 0 atom stereocenters. The fraction of sp³-hybridized carbons (Fsp3) is 0.412. The van der Waals surface area contributed by atoms with Crippen LogP contribution in [0.15, 0.2) is 30.6 Å². The zero-order chi connectivity index (χ0) is 16.9. The topological polar surface area (TPSA) is 74.2 Å². The van der Waals surface area contributed by atoms with Crippen LogP contribution in [0.2, 0.25) is 0 Å². The number of piperazine rings is 1. The van der Waals surface area contributed by atoms with Crippen LogP contribution in [0.1, 0.15) is 23.1 Å². The third kappa shape index (κ3) is 3.61. The van der Waals surface area contributed by atoms with E-state index >= 15 is 0 Å². The molecule has 0 spiro atoms. The molecule has 0 bridgehead atoms. The molecule has 0 aliphatic carbocycles. The number of hydrogen-bond donors (Lipinski definition) is 1. The molecular weight excluding hydrogens is 304 g/mol. The smallest absolute Gasteiger partial charge is 0.254 e. The Morgan fingerprint density at radius 2 is 1.88 bits per heavy atom. The van der Waals surface area contributed by atoms with E-state index in [1.165, 1.54) is 0 Å². The Hall–Kier alpha value is -2.70. The summed E-state index contributed by atoms with van der Waals surface area (Å²) in [6.07, 6.45) is 3.30. The van der Waals surface area contributed by atoms with Gasteiger partial charge in [0.2, 0.25) is 0 Å². The highest BCUT2D eigenvalue weighted by molar-refractivity contribution is 5.94. The van der Waals surface area contributed by atoms with Crippen LogP contribution in [0, 0.1) is 6.92 Å². The summed E-state index contributed by atoms with van der Waals surface area (Å²) in [4.78, 5) is 29.4. The number of nitrogens with one attached hydrogen (secondary N) is 1. The van der Waals surface area contributed by atoms with Crippen molar-refractivity contribution in [2.45, 2.75) is 13.8 Å². The number of aryl methyl sites for hydroxylation is 1. The molecule has 0 aromatic carbocycles. The monoisotopic (exact) mass is 326 g/mol. The molecule has 7 heteroatoms. The van der Waals surface area contributed by atoms with Gasteiger partial charge in [-0.25, -0.2) is 9.97 Å². The minimum atomic E-state index is 0.0595. The second-order valence-corrected chi connectivity index (χ2v) is 5.70. The van der Waals surface area contributed by atoms with Crippen LogP contribution in [-0.4, -0.2) is 58.5 Å². The van der Waals surface area contributed by atoms with Crippen molar-refractivity contribution in [2.75, 3.05) is 42.9 Å². The van der Waals surface area contributed by atoms with Gasteiger partial charge in [0.15, 0.2) is 0 Å². The average molecular weight is 326 g/mol. The SMILES string of the molecule is CCNc1cc(N2CCN(C(=O)c3ccncc3)CC2)nc(C)n1. The van der Waals surface area contributed by atoms with E-state index in [0.717, 1.165) is 37.1 Å². The van der Waals surface area contributed by atoms with E-state index in [0.29, 0.717) is 18.7 Å². The molecule has 0 unspecified atom stereocenters. The molecule has 2 aromatic heterocycles. The summed E-state index contributed by atoms with van der Waals surface area (Å²) in [5.41, 5.74) is 0.686. The van der Waals surface area contributed by atoms with Crippen molar-refractivity contribution in [3.8, 4) is 0 Å². The maximum absolute atomic E-state index is 12.5. The molecule has 3 rings (SSSR count). The Morgan fingerprint density at radius 1 is 1.17 bits per heavy atom. The molecule has 1 amide bonds. The van der Waals surface area contributed by atoms with E-state index in [4.69, 9.17) is 0 Å². The van der Waals surface area contributed by atoms with Crippen molar-refractivity contribution in [3.05, 3.63) is 42.0 Å². The third-order valence-electron chi connectivity index (χ3n) is 4.00. The van der Waals surface area contributed by atoms with Gasteiger partial charge in [0.1, 0.15) is 17.5 Å². The largest absolute Gasteiger partial charge is 0.370 e. The van der Waals surface area contributed by atoms with Crippen LogP contribution < -0.4 is 10.2 Å². The summed E-state index contributed by atoms with van der Waals surface area (Å²) in [5.74, 6) is 2.56. The van der Waals surface area contributed by atoms with Gasteiger partial charge >= 0.3 is 0 Å².